The minimum Gasteiger partial charge on any atom is -0.442 e. The Bertz CT molecular complexity index is 2260. The van der Waals surface area contributed by atoms with Gasteiger partial charge in [-0.05, 0) is 22.9 Å². The van der Waals surface area contributed by atoms with Gasteiger partial charge in [0.05, 0.1) is 0 Å². The first-order valence-electron chi connectivity index (χ1n) is 14.0. The van der Waals surface area contributed by atoms with Gasteiger partial charge in [-0.3, -0.25) is 4.79 Å². The van der Waals surface area contributed by atoms with Crippen LogP contribution in [0.15, 0.2) is 66.9 Å². The Morgan fingerprint density at radius 1 is 0.681 bits per heavy atom. The molecule has 18 heteroatoms. The second-order valence-corrected chi connectivity index (χ2v) is 13.8. The quantitative estimate of drug-likeness (QED) is 0.190. The summed E-state index contributed by atoms with van der Waals surface area (Å²) in [6, 6.07) is -0.669. The monoisotopic (exact) mass is 720 g/mol. The molecule has 0 spiro atoms. The molecule has 0 aliphatic carbocycles. The molecule has 1 N–H and O–H groups in total. The highest BCUT2D eigenvalue weighted by molar-refractivity contribution is 9.10. The highest BCUT2D eigenvalue weighted by Crippen LogP contribution is 2.37. The highest BCUT2D eigenvalue weighted by Gasteiger charge is 2.30. The maximum Gasteiger partial charge on any atom is 0.273 e. The number of carbonyl (C=O) groups excluding carboxylic acids is 1. The van der Waals surface area contributed by atoms with Crippen LogP contribution in [0.4, 0.5) is 0 Å². The third-order valence-electron chi connectivity index (χ3n) is 6.72. The van der Waals surface area contributed by atoms with Gasteiger partial charge >= 0.3 is 0 Å². The summed E-state index contributed by atoms with van der Waals surface area (Å²) in [4.78, 5) is 44.7. The molecule has 1 aliphatic rings. The number of carbonyl (C=O) groups is 1. The van der Waals surface area contributed by atoms with E-state index < -0.39 is 11.9 Å². The van der Waals surface area contributed by atoms with Crippen LogP contribution in [-0.4, -0.2) is 51.3 Å². The molecule has 238 valence electrons. The van der Waals surface area contributed by atoms with Crippen LogP contribution in [0.2, 0.25) is 0 Å². The lowest BCUT2D eigenvalue weighted by Gasteiger charge is -2.21. The molecule has 1 amide bonds. The number of amides is 1. The molecule has 47 heavy (non-hydrogen) atoms. The van der Waals surface area contributed by atoms with Crippen LogP contribution >= 0.6 is 27.7 Å². The lowest BCUT2D eigenvalue weighted by Crippen LogP contribution is -2.31. The first-order valence-corrected chi connectivity index (χ1v) is 15.7. The third-order valence-corrected chi connectivity index (χ3v) is 8.62. The van der Waals surface area contributed by atoms with Gasteiger partial charge in [0.25, 0.3) is 11.8 Å². The Kier molecular flexibility index (Phi) is 6.80. The second kappa shape index (κ2) is 10.9. The molecule has 16 nitrogen and oxygen atoms in total. The van der Waals surface area contributed by atoms with Gasteiger partial charge in [0.1, 0.15) is 43.1 Å². The number of halogens is 1. The molecule has 1 atom stereocenters. The second-order valence-electron chi connectivity index (χ2n) is 11.2. The summed E-state index contributed by atoms with van der Waals surface area (Å²) in [7, 11) is 0. The van der Waals surface area contributed by atoms with E-state index in [9.17, 15) is 4.79 Å². The van der Waals surface area contributed by atoms with E-state index in [0.717, 1.165) is 0 Å². The van der Waals surface area contributed by atoms with E-state index >= 15 is 0 Å². The van der Waals surface area contributed by atoms with E-state index in [1.54, 1.807) is 18.7 Å². The van der Waals surface area contributed by atoms with Crippen LogP contribution in [-0.2, 0) is 0 Å². The topological polar surface area (TPSA) is 211 Å². The Hall–Kier alpha value is -5.23. The average Bonchev–Trinajstić information content (AvgIpc) is 3.87. The van der Waals surface area contributed by atoms with E-state index in [2.05, 4.69) is 76.9 Å². The molecule has 0 unspecified atom stereocenters. The normalized spacial score (nSPS) is 14.7. The van der Waals surface area contributed by atoms with Crippen molar-refractivity contribution in [1.82, 2.24) is 40.2 Å². The van der Waals surface area contributed by atoms with E-state index in [1.165, 1.54) is 31.3 Å². The first kappa shape index (κ1) is 29.2. The minimum absolute atomic E-state index is 0.0134. The largest absolute Gasteiger partial charge is 0.442 e. The lowest BCUT2D eigenvalue weighted by atomic mass is 10.3. The number of aromatic nitrogens is 7. The van der Waals surface area contributed by atoms with Crippen molar-refractivity contribution in [3.05, 3.63) is 53.3 Å². The van der Waals surface area contributed by atoms with Crippen molar-refractivity contribution in [3.63, 3.8) is 0 Å². The number of nitrogens with zero attached hydrogens (tertiary/aromatic N) is 7. The van der Waals surface area contributed by atoms with Crippen molar-refractivity contribution in [2.24, 2.45) is 0 Å². The van der Waals surface area contributed by atoms with Crippen LogP contribution in [0.25, 0.3) is 69.5 Å². The predicted molar refractivity (Wildman–Crippen MR) is 164 cm³/mol. The van der Waals surface area contributed by atoms with Gasteiger partial charge in [-0.25, -0.2) is 34.9 Å². The first-order chi connectivity index (χ1) is 22.6. The summed E-state index contributed by atoms with van der Waals surface area (Å²) < 4.78 is 40.2. The summed E-state index contributed by atoms with van der Waals surface area (Å²) >= 11 is 5.05. The zero-order chi connectivity index (χ0) is 32.4. The van der Waals surface area contributed by atoms with Crippen LogP contribution in [0.1, 0.15) is 49.0 Å². The van der Waals surface area contributed by atoms with Gasteiger partial charge in [0.15, 0.2) is 39.9 Å². The van der Waals surface area contributed by atoms with Crippen LogP contribution in [0.3, 0.4) is 0 Å². The Morgan fingerprint density at radius 2 is 1.17 bits per heavy atom. The Labute approximate surface area is 275 Å². The number of oxazole rings is 7. The van der Waals surface area contributed by atoms with Crippen LogP contribution in [0.5, 0.6) is 0 Å². The molecule has 0 radical (unpaired) electrons. The molecule has 8 rings (SSSR count). The van der Waals surface area contributed by atoms with Gasteiger partial charge in [0, 0.05) is 10.5 Å². The molecule has 0 saturated heterocycles. The molecule has 7 aromatic rings. The number of fused-ring (bicyclic) bond motifs is 20. The van der Waals surface area contributed by atoms with Crippen molar-refractivity contribution >= 4 is 33.6 Å². The van der Waals surface area contributed by atoms with Crippen molar-refractivity contribution in [3.8, 4) is 69.5 Å². The van der Waals surface area contributed by atoms with Crippen molar-refractivity contribution in [2.45, 2.75) is 38.5 Å². The predicted octanol–water partition coefficient (Wildman–Crippen LogP) is 6.99. The van der Waals surface area contributed by atoms with Gasteiger partial charge in [-0.2, -0.15) is 11.8 Å². The van der Waals surface area contributed by atoms with Crippen LogP contribution < -0.4 is 5.32 Å². The van der Waals surface area contributed by atoms with E-state index in [-0.39, 0.29) is 73.4 Å². The summed E-state index contributed by atoms with van der Waals surface area (Å²) in [5.41, 5.74) is 1.76. The van der Waals surface area contributed by atoms with Gasteiger partial charge < -0.3 is 36.2 Å². The van der Waals surface area contributed by atoms with Crippen molar-refractivity contribution in [1.29, 1.82) is 0 Å². The maximum atomic E-state index is 13.4. The number of rotatable bonds is 2. The molecule has 7 aromatic heterocycles. The van der Waals surface area contributed by atoms with Gasteiger partial charge in [-0.1, -0.05) is 20.8 Å². The molecular weight excluding hydrogens is 700 g/mol. The summed E-state index contributed by atoms with van der Waals surface area (Å²) in [6.45, 7) is 7.92. The number of hydrogen-bond donors (Lipinski definition) is 1. The molecule has 0 fully saturated rings. The zero-order valence-electron chi connectivity index (χ0n) is 24.9. The number of hydrogen-bond acceptors (Lipinski definition) is 16. The summed E-state index contributed by atoms with van der Waals surface area (Å²) in [5, 5.41) is 2.96. The fourth-order valence-corrected chi connectivity index (χ4v) is 5.80. The third kappa shape index (κ3) is 5.48. The summed E-state index contributed by atoms with van der Waals surface area (Å²) in [5.74, 6) is 1.36. The smallest absolute Gasteiger partial charge is 0.273 e. The van der Waals surface area contributed by atoms with Gasteiger partial charge in [-0.15, -0.1) is 0 Å². The molecule has 8 heterocycles. The molecule has 0 aromatic carbocycles. The molecule has 0 saturated carbocycles. The van der Waals surface area contributed by atoms with Crippen molar-refractivity contribution in [2.75, 3.05) is 5.75 Å². The van der Waals surface area contributed by atoms with E-state index in [1.807, 2.05) is 0 Å². The Balaban J connectivity index is 1.23. The van der Waals surface area contributed by atoms with Gasteiger partial charge in [0.2, 0.25) is 40.0 Å². The molecular formula is C29H21BrN8O8S. The molecule has 1 aliphatic heterocycles. The fourth-order valence-electron chi connectivity index (χ4n) is 4.48. The maximum absolute atomic E-state index is 13.4. The highest BCUT2D eigenvalue weighted by atomic mass is 79.9. The van der Waals surface area contributed by atoms with E-state index in [0.29, 0.717) is 28.6 Å². The summed E-state index contributed by atoms with van der Waals surface area (Å²) in [6.07, 6.45) is 6.67. The lowest BCUT2D eigenvalue weighted by molar-refractivity contribution is 0.0929. The fraction of sp³-hybridized carbons (Fsp3) is 0.241. The SMILES string of the molecule is Cc1oc2nc1-c1nc(co1)-c1nc(co1)-c1nc(co1)-c1nc(co1)-c1nc(co1)C(=O)N[C@@H](CSC(C)(C)C)c1nc-2c(Br)o1. The van der Waals surface area contributed by atoms with Crippen LogP contribution in [0, 0.1) is 6.92 Å². The average molecular weight is 722 g/mol. The Morgan fingerprint density at radius 3 is 1.72 bits per heavy atom. The minimum atomic E-state index is -0.669. The standard InChI is InChI=1S/C29H21BrN8O8S/c1-11-18-27-36-16(9-44-27)25-35-15(8-43-25)24-34-14(7-42-24)23-33-13(6-41-23)22-32-12(5-40-22)21(39)31-17(10-47-29(2,3)4)26-38-19(20(30)46-26)28(37-18)45-11/h5-9,17H,10H2,1-4H3,(H,31,39)/t17-/m0/s1. The van der Waals surface area contributed by atoms with Crippen molar-refractivity contribution < 1.29 is 35.7 Å². The van der Waals surface area contributed by atoms with E-state index in [4.69, 9.17) is 30.9 Å². The number of aryl methyl sites for hydroxylation is 1. The molecule has 14 bridgehead atoms. The number of nitrogens with one attached hydrogen (secondary N) is 1. The number of thioether (sulfide) groups is 1. The zero-order valence-corrected chi connectivity index (χ0v) is 27.3.